The van der Waals surface area contributed by atoms with E-state index in [1.807, 2.05) is 48.2 Å². The van der Waals surface area contributed by atoms with E-state index in [1.54, 1.807) is 6.08 Å². The summed E-state index contributed by atoms with van der Waals surface area (Å²) in [5.41, 5.74) is 2.07. The first-order valence-corrected chi connectivity index (χ1v) is 5.25. The number of para-hydroxylation sites is 1. The van der Waals surface area contributed by atoms with Gasteiger partial charge in [0.25, 0.3) is 0 Å². The van der Waals surface area contributed by atoms with E-state index in [0.29, 0.717) is 0 Å². The molecule has 2 nitrogen and oxygen atoms in total. The summed E-state index contributed by atoms with van der Waals surface area (Å²) >= 11 is 0. The fourth-order valence-corrected chi connectivity index (χ4v) is 1.60. The highest BCUT2D eigenvalue weighted by molar-refractivity contribution is 5.82. The molecule has 1 heterocycles. The summed E-state index contributed by atoms with van der Waals surface area (Å²) in [5, 5.41) is 5.50. The van der Waals surface area contributed by atoms with Crippen molar-refractivity contribution in [2.24, 2.45) is 0 Å². The summed E-state index contributed by atoms with van der Waals surface area (Å²) in [7, 11) is 0. The Balaban J connectivity index is 2.57. The van der Waals surface area contributed by atoms with Crippen LogP contribution in [-0.2, 0) is 0 Å². The monoisotopic (exact) mass is 210 g/mol. The lowest BCUT2D eigenvalue weighted by molar-refractivity contribution is 0.941. The third-order valence-electron chi connectivity index (χ3n) is 2.39. The zero-order valence-electron chi connectivity index (χ0n) is 9.30. The van der Waals surface area contributed by atoms with E-state index in [0.717, 1.165) is 16.6 Å². The first kappa shape index (κ1) is 10.4. The van der Waals surface area contributed by atoms with E-state index in [2.05, 4.69) is 23.8 Å². The van der Waals surface area contributed by atoms with Crippen LogP contribution in [0.3, 0.4) is 0 Å². The zero-order chi connectivity index (χ0) is 11.4. The van der Waals surface area contributed by atoms with Gasteiger partial charge in [-0.1, -0.05) is 36.9 Å². The fourth-order valence-electron chi connectivity index (χ4n) is 1.60. The molecule has 80 valence electrons. The molecular weight excluding hydrogens is 196 g/mol. The van der Waals surface area contributed by atoms with Gasteiger partial charge in [0, 0.05) is 5.39 Å². The molecule has 0 fully saturated rings. The van der Waals surface area contributed by atoms with Crippen molar-refractivity contribution in [1.82, 2.24) is 9.78 Å². The van der Waals surface area contributed by atoms with Crippen LogP contribution in [0.5, 0.6) is 0 Å². The second-order valence-corrected chi connectivity index (χ2v) is 3.44. The summed E-state index contributed by atoms with van der Waals surface area (Å²) in [4.78, 5) is 0. The van der Waals surface area contributed by atoms with Crippen LogP contribution in [-0.4, -0.2) is 9.78 Å². The van der Waals surface area contributed by atoms with Gasteiger partial charge in [-0.25, -0.2) is 4.68 Å². The average molecular weight is 210 g/mol. The van der Waals surface area contributed by atoms with Crippen LogP contribution >= 0.6 is 0 Å². The summed E-state index contributed by atoms with van der Waals surface area (Å²) in [6.07, 6.45) is 9.62. The van der Waals surface area contributed by atoms with Crippen molar-refractivity contribution in [3.05, 3.63) is 61.3 Å². The van der Waals surface area contributed by atoms with Crippen LogP contribution in [0.2, 0.25) is 0 Å². The molecular formula is C14H14N2. The molecule has 0 saturated heterocycles. The lowest BCUT2D eigenvalue weighted by Crippen LogP contribution is -1.95. The Morgan fingerprint density at radius 2 is 2.19 bits per heavy atom. The summed E-state index contributed by atoms with van der Waals surface area (Å²) < 4.78 is 1.89. The standard InChI is InChI=1S/C14H14N2/c1-3-5-9-13(4-2)16-14-10-7-6-8-12(14)11-15-16/h3-11H,2H2,1H3/b5-3-,13-9-. The molecule has 0 aliphatic carbocycles. The molecule has 1 aromatic heterocycles. The van der Waals surface area contributed by atoms with Crippen LogP contribution in [0.15, 0.2) is 61.3 Å². The molecule has 0 unspecified atom stereocenters. The summed E-state index contributed by atoms with van der Waals surface area (Å²) in [6.45, 7) is 5.80. The molecule has 0 radical (unpaired) electrons. The van der Waals surface area contributed by atoms with E-state index < -0.39 is 0 Å². The molecule has 0 amide bonds. The van der Waals surface area contributed by atoms with E-state index in [1.165, 1.54) is 0 Å². The number of hydrogen-bond donors (Lipinski definition) is 0. The Bertz CT molecular complexity index is 559. The van der Waals surface area contributed by atoms with Gasteiger partial charge in [0.2, 0.25) is 0 Å². The van der Waals surface area contributed by atoms with Crippen LogP contribution in [0.4, 0.5) is 0 Å². The van der Waals surface area contributed by atoms with Gasteiger partial charge in [0.05, 0.1) is 17.4 Å². The number of fused-ring (bicyclic) bond motifs is 1. The highest BCUT2D eigenvalue weighted by atomic mass is 15.3. The maximum atomic E-state index is 4.36. The lowest BCUT2D eigenvalue weighted by atomic mass is 10.2. The number of rotatable bonds is 3. The van der Waals surface area contributed by atoms with Gasteiger partial charge in [-0.15, -0.1) is 0 Å². The van der Waals surface area contributed by atoms with Gasteiger partial charge in [-0.05, 0) is 25.1 Å². The van der Waals surface area contributed by atoms with Crippen molar-refractivity contribution in [3.8, 4) is 0 Å². The van der Waals surface area contributed by atoms with Gasteiger partial charge in [-0.2, -0.15) is 5.10 Å². The van der Waals surface area contributed by atoms with Crippen molar-refractivity contribution in [3.63, 3.8) is 0 Å². The molecule has 2 aromatic rings. The van der Waals surface area contributed by atoms with Crippen molar-refractivity contribution in [2.45, 2.75) is 6.92 Å². The van der Waals surface area contributed by atoms with E-state index in [4.69, 9.17) is 0 Å². The Morgan fingerprint density at radius 3 is 2.94 bits per heavy atom. The van der Waals surface area contributed by atoms with Crippen LogP contribution in [0, 0.1) is 0 Å². The van der Waals surface area contributed by atoms with Crippen molar-refractivity contribution < 1.29 is 0 Å². The van der Waals surface area contributed by atoms with Crippen molar-refractivity contribution in [1.29, 1.82) is 0 Å². The topological polar surface area (TPSA) is 17.8 Å². The molecule has 0 spiro atoms. The molecule has 1 aromatic carbocycles. The predicted molar refractivity (Wildman–Crippen MR) is 69.0 cm³/mol. The molecule has 0 aliphatic heterocycles. The third-order valence-corrected chi connectivity index (χ3v) is 2.39. The predicted octanol–water partition coefficient (Wildman–Crippen LogP) is 3.64. The van der Waals surface area contributed by atoms with Crippen molar-refractivity contribution >= 4 is 16.6 Å². The largest absolute Gasteiger partial charge is 0.233 e. The lowest BCUT2D eigenvalue weighted by Gasteiger charge is -2.02. The van der Waals surface area contributed by atoms with Crippen LogP contribution < -0.4 is 0 Å². The number of hydrogen-bond acceptors (Lipinski definition) is 1. The molecule has 0 N–H and O–H groups in total. The second-order valence-electron chi connectivity index (χ2n) is 3.44. The van der Waals surface area contributed by atoms with Gasteiger partial charge >= 0.3 is 0 Å². The van der Waals surface area contributed by atoms with Gasteiger partial charge in [0.15, 0.2) is 0 Å². The van der Waals surface area contributed by atoms with Gasteiger partial charge in [-0.3, -0.25) is 0 Å². The van der Waals surface area contributed by atoms with E-state index in [-0.39, 0.29) is 0 Å². The van der Waals surface area contributed by atoms with Gasteiger partial charge in [0.1, 0.15) is 0 Å². The van der Waals surface area contributed by atoms with Crippen molar-refractivity contribution in [2.75, 3.05) is 0 Å². The summed E-state index contributed by atoms with van der Waals surface area (Å²) in [6, 6.07) is 8.12. The van der Waals surface area contributed by atoms with Crippen LogP contribution in [0.25, 0.3) is 16.6 Å². The first-order chi connectivity index (χ1) is 7.86. The first-order valence-electron chi connectivity index (χ1n) is 5.25. The molecule has 16 heavy (non-hydrogen) atoms. The van der Waals surface area contributed by atoms with Crippen LogP contribution in [0.1, 0.15) is 6.92 Å². The van der Waals surface area contributed by atoms with E-state index in [9.17, 15) is 0 Å². The molecule has 2 rings (SSSR count). The normalized spacial score (nSPS) is 12.4. The number of allylic oxidation sites excluding steroid dienone is 5. The Hall–Kier alpha value is -2.09. The number of benzene rings is 1. The number of aromatic nitrogens is 2. The minimum atomic E-state index is 0.972. The second kappa shape index (κ2) is 4.62. The summed E-state index contributed by atoms with van der Waals surface area (Å²) in [5.74, 6) is 0. The quantitative estimate of drug-likeness (QED) is 0.707. The minimum absolute atomic E-state index is 0.972. The maximum absolute atomic E-state index is 4.36. The number of nitrogens with zero attached hydrogens (tertiary/aromatic N) is 2. The molecule has 0 aliphatic rings. The maximum Gasteiger partial charge on any atom is 0.0741 e. The Kier molecular flexibility index (Phi) is 3.01. The Labute approximate surface area is 95.2 Å². The molecule has 0 saturated carbocycles. The fraction of sp³-hybridized carbons (Fsp3) is 0.0714. The highest BCUT2D eigenvalue weighted by Crippen LogP contribution is 2.17. The zero-order valence-corrected chi connectivity index (χ0v) is 9.30. The molecule has 0 bridgehead atoms. The van der Waals surface area contributed by atoms with E-state index >= 15 is 0 Å². The molecule has 2 heteroatoms. The molecule has 0 atom stereocenters. The van der Waals surface area contributed by atoms with Gasteiger partial charge < -0.3 is 0 Å². The smallest absolute Gasteiger partial charge is 0.0741 e. The Morgan fingerprint density at radius 1 is 1.38 bits per heavy atom. The highest BCUT2D eigenvalue weighted by Gasteiger charge is 2.02. The average Bonchev–Trinajstić information content (AvgIpc) is 2.75. The SMILES string of the molecule is C=C/C(=C/C=C\C)n1ncc2ccccc21. The minimum Gasteiger partial charge on any atom is -0.233 e. The third kappa shape index (κ3) is 1.82.